The zero-order valence-electron chi connectivity index (χ0n) is 17.1. The lowest BCUT2D eigenvalue weighted by atomic mass is 10.1. The van der Waals surface area contributed by atoms with Crippen LogP contribution in [-0.2, 0) is 30.6 Å². The van der Waals surface area contributed by atoms with Crippen LogP contribution in [0.4, 0.5) is 0 Å². The molecule has 0 aliphatic heterocycles. The Morgan fingerprint density at radius 2 is 2.10 bits per heavy atom. The van der Waals surface area contributed by atoms with Crippen molar-refractivity contribution in [2.45, 2.75) is 44.3 Å². The van der Waals surface area contributed by atoms with E-state index in [4.69, 9.17) is 4.98 Å². The molecule has 30 heavy (non-hydrogen) atoms. The Bertz CT molecular complexity index is 1150. The summed E-state index contributed by atoms with van der Waals surface area (Å²) in [7, 11) is 0. The maximum Gasteiger partial charge on any atom is 0.263 e. The van der Waals surface area contributed by atoms with Gasteiger partial charge in [-0.15, -0.1) is 11.3 Å². The minimum atomic E-state index is -0.0548. The van der Waals surface area contributed by atoms with E-state index in [1.54, 1.807) is 15.9 Å². The van der Waals surface area contributed by atoms with Crippen molar-refractivity contribution in [2.75, 3.05) is 12.3 Å². The normalized spacial score (nSPS) is 12.8. The number of aromatic nitrogens is 2. The van der Waals surface area contributed by atoms with Crippen LogP contribution >= 0.6 is 23.1 Å². The van der Waals surface area contributed by atoms with E-state index < -0.39 is 0 Å². The van der Waals surface area contributed by atoms with E-state index >= 15 is 0 Å². The number of nitrogens with zero attached hydrogens (tertiary/aromatic N) is 2. The third-order valence-electron chi connectivity index (χ3n) is 5.13. The topological polar surface area (TPSA) is 64.0 Å². The number of benzene rings is 1. The molecular weight excluding hydrogens is 414 g/mol. The molecule has 1 aliphatic carbocycles. The van der Waals surface area contributed by atoms with Gasteiger partial charge < -0.3 is 5.32 Å². The van der Waals surface area contributed by atoms with Gasteiger partial charge in [0.25, 0.3) is 5.56 Å². The first kappa shape index (κ1) is 20.9. The van der Waals surface area contributed by atoms with Gasteiger partial charge in [0.2, 0.25) is 5.91 Å². The SMILES string of the molecule is C=C(C)Cn1c(SCC(=O)NCCc2ccccc2)nc2sc3c(c2c1=O)CCC3. The molecule has 0 saturated heterocycles. The predicted molar refractivity (Wildman–Crippen MR) is 125 cm³/mol. The number of carbonyl (C=O) groups is 1. The number of carbonyl (C=O) groups excluding carboxylic acids is 1. The van der Waals surface area contributed by atoms with E-state index in [1.165, 1.54) is 27.8 Å². The van der Waals surface area contributed by atoms with Crippen LogP contribution in [-0.4, -0.2) is 27.8 Å². The number of hydrogen-bond donors (Lipinski definition) is 1. The lowest BCUT2D eigenvalue weighted by molar-refractivity contribution is -0.118. The van der Waals surface area contributed by atoms with Gasteiger partial charge in [0.15, 0.2) is 5.16 Å². The standard InChI is InChI=1S/C23H25N3O2S2/c1-15(2)13-26-22(28)20-17-9-6-10-18(17)30-21(20)25-23(26)29-14-19(27)24-12-11-16-7-4-3-5-8-16/h3-5,7-8H,1,6,9-14H2,2H3,(H,24,27). The Labute approximate surface area is 184 Å². The average Bonchev–Trinajstić information content (AvgIpc) is 3.30. The number of amides is 1. The number of hydrogen-bond acceptors (Lipinski definition) is 5. The highest BCUT2D eigenvalue weighted by Crippen LogP contribution is 2.35. The van der Waals surface area contributed by atoms with E-state index in [0.29, 0.717) is 18.2 Å². The van der Waals surface area contributed by atoms with Crippen LogP contribution in [0.25, 0.3) is 10.2 Å². The summed E-state index contributed by atoms with van der Waals surface area (Å²) in [6.45, 7) is 6.88. The van der Waals surface area contributed by atoms with Crippen LogP contribution in [0.2, 0.25) is 0 Å². The summed E-state index contributed by atoms with van der Waals surface area (Å²) < 4.78 is 1.68. The number of nitrogens with one attached hydrogen (secondary N) is 1. The van der Waals surface area contributed by atoms with Gasteiger partial charge in [0.1, 0.15) is 4.83 Å². The summed E-state index contributed by atoms with van der Waals surface area (Å²) in [6, 6.07) is 10.1. The van der Waals surface area contributed by atoms with E-state index in [0.717, 1.165) is 41.5 Å². The summed E-state index contributed by atoms with van der Waals surface area (Å²) in [5.41, 5.74) is 3.26. The van der Waals surface area contributed by atoms with Gasteiger partial charge in [0.05, 0.1) is 11.1 Å². The second kappa shape index (κ2) is 9.18. The van der Waals surface area contributed by atoms with Crippen molar-refractivity contribution in [3.63, 3.8) is 0 Å². The number of aryl methyl sites for hydroxylation is 2. The smallest absolute Gasteiger partial charge is 0.263 e. The fraction of sp³-hybridized carbons (Fsp3) is 0.348. The largest absolute Gasteiger partial charge is 0.355 e. The van der Waals surface area contributed by atoms with Gasteiger partial charge in [-0.3, -0.25) is 14.2 Å². The van der Waals surface area contributed by atoms with Gasteiger partial charge >= 0.3 is 0 Å². The summed E-state index contributed by atoms with van der Waals surface area (Å²) in [6.07, 6.45) is 3.89. The van der Waals surface area contributed by atoms with E-state index in [1.807, 2.05) is 25.1 Å². The molecule has 0 spiro atoms. The summed E-state index contributed by atoms with van der Waals surface area (Å²) in [5.74, 6) is 0.175. The molecule has 1 aromatic carbocycles. The lowest BCUT2D eigenvalue weighted by Gasteiger charge is -2.12. The molecule has 3 aromatic rings. The van der Waals surface area contributed by atoms with E-state index in [-0.39, 0.29) is 17.2 Å². The zero-order chi connectivity index (χ0) is 21.1. The Hall–Kier alpha value is -2.38. The maximum atomic E-state index is 13.3. The molecular formula is C23H25N3O2S2. The molecule has 0 fully saturated rings. The first-order valence-electron chi connectivity index (χ1n) is 10.2. The zero-order valence-corrected chi connectivity index (χ0v) is 18.7. The first-order valence-corrected chi connectivity index (χ1v) is 12.0. The Balaban J connectivity index is 1.48. The monoisotopic (exact) mass is 439 g/mol. The van der Waals surface area contributed by atoms with Crippen molar-refractivity contribution in [3.8, 4) is 0 Å². The minimum absolute atomic E-state index is 0.00520. The fourth-order valence-corrected chi connectivity index (χ4v) is 5.88. The number of allylic oxidation sites excluding steroid dienone is 1. The van der Waals surface area contributed by atoms with Crippen molar-refractivity contribution < 1.29 is 4.79 Å². The molecule has 0 unspecified atom stereocenters. The van der Waals surface area contributed by atoms with E-state index in [9.17, 15) is 9.59 Å². The molecule has 1 aliphatic rings. The Morgan fingerprint density at radius 3 is 2.87 bits per heavy atom. The predicted octanol–water partition coefficient (Wildman–Crippen LogP) is 3.97. The van der Waals surface area contributed by atoms with Crippen LogP contribution < -0.4 is 10.9 Å². The quantitative estimate of drug-likeness (QED) is 0.328. The van der Waals surface area contributed by atoms with Crippen molar-refractivity contribution >= 4 is 39.2 Å². The molecule has 156 valence electrons. The highest BCUT2D eigenvalue weighted by Gasteiger charge is 2.23. The number of thiophene rings is 1. The van der Waals surface area contributed by atoms with Crippen LogP contribution in [0.1, 0.15) is 29.3 Å². The van der Waals surface area contributed by atoms with Crippen molar-refractivity contribution in [1.82, 2.24) is 14.9 Å². The number of thioether (sulfide) groups is 1. The van der Waals surface area contributed by atoms with Crippen LogP contribution in [0.15, 0.2) is 52.4 Å². The van der Waals surface area contributed by atoms with Gasteiger partial charge in [0, 0.05) is 18.0 Å². The molecule has 5 nitrogen and oxygen atoms in total. The summed E-state index contributed by atoms with van der Waals surface area (Å²) >= 11 is 2.95. The first-order chi connectivity index (χ1) is 14.5. The second-order valence-corrected chi connectivity index (χ2v) is 9.68. The van der Waals surface area contributed by atoms with Crippen LogP contribution in [0, 0.1) is 0 Å². The second-order valence-electron chi connectivity index (χ2n) is 7.65. The third kappa shape index (κ3) is 4.52. The molecule has 0 saturated carbocycles. The Kier molecular flexibility index (Phi) is 6.39. The molecule has 1 amide bonds. The van der Waals surface area contributed by atoms with Crippen molar-refractivity contribution in [1.29, 1.82) is 0 Å². The lowest BCUT2D eigenvalue weighted by Crippen LogP contribution is -2.28. The highest BCUT2D eigenvalue weighted by atomic mass is 32.2. The van der Waals surface area contributed by atoms with Gasteiger partial charge in [-0.25, -0.2) is 4.98 Å². The molecule has 2 aromatic heterocycles. The van der Waals surface area contributed by atoms with Crippen molar-refractivity contribution in [2.24, 2.45) is 0 Å². The summed E-state index contributed by atoms with van der Waals surface area (Å²) in [4.78, 5) is 32.5. The molecule has 7 heteroatoms. The van der Waals surface area contributed by atoms with Gasteiger partial charge in [-0.1, -0.05) is 54.2 Å². The Morgan fingerprint density at radius 1 is 1.30 bits per heavy atom. The molecule has 0 atom stereocenters. The minimum Gasteiger partial charge on any atom is -0.355 e. The van der Waals surface area contributed by atoms with Crippen LogP contribution in [0.5, 0.6) is 0 Å². The number of fused-ring (bicyclic) bond motifs is 3. The molecule has 4 rings (SSSR count). The van der Waals surface area contributed by atoms with Crippen LogP contribution in [0.3, 0.4) is 0 Å². The highest BCUT2D eigenvalue weighted by molar-refractivity contribution is 7.99. The van der Waals surface area contributed by atoms with Gasteiger partial charge in [-0.05, 0) is 43.7 Å². The number of rotatable bonds is 8. The molecule has 0 radical (unpaired) electrons. The third-order valence-corrected chi connectivity index (χ3v) is 7.29. The van der Waals surface area contributed by atoms with Gasteiger partial charge in [-0.2, -0.15) is 0 Å². The maximum absolute atomic E-state index is 13.3. The molecule has 1 N–H and O–H groups in total. The average molecular weight is 440 g/mol. The summed E-state index contributed by atoms with van der Waals surface area (Å²) in [5, 5.41) is 4.32. The molecule has 0 bridgehead atoms. The van der Waals surface area contributed by atoms with Crippen molar-refractivity contribution in [3.05, 3.63) is 68.8 Å². The van der Waals surface area contributed by atoms with E-state index in [2.05, 4.69) is 24.0 Å². The fourth-order valence-electron chi connectivity index (χ4n) is 3.75. The molecule has 2 heterocycles.